The van der Waals surface area contributed by atoms with Gasteiger partial charge in [-0.25, -0.2) is 0 Å². The summed E-state index contributed by atoms with van der Waals surface area (Å²) in [7, 11) is -3.99. The molecule has 2 N–H and O–H groups in total. The third-order valence-corrected chi connectivity index (χ3v) is 0.941. The quantitative estimate of drug-likeness (QED) is 0.540. The first-order valence-electron chi connectivity index (χ1n) is 2.17. The van der Waals surface area contributed by atoms with Crippen LogP contribution in [0.15, 0.2) is 12.4 Å². The highest BCUT2D eigenvalue weighted by Crippen LogP contribution is 1.77. The number of hydrogen-bond acceptors (Lipinski definition) is 5. The zero-order valence-electron chi connectivity index (χ0n) is 4.71. The molecule has 0 saturated carbocycles. The summed E-state index contributed by atoms with van der Waals surface area (Å²) in [5.41, 5.74) is 0. The second kappa shape index (κ2) is 2.23. The highest BCUT2D eigenvalue weighted by molar-refractivity contribution is 7.84. The van der Waals surface area contributed by atoms with Gasteiger partial charge in [-0.3, -0.25) is 4.28 Å². The third kappa shape index (κ3) is 1.99. The number of rotatable bonds is 2. The van der Waals surface area contributed by atoms with Crippen molar-refractivity contribution < 1.29 is 12.7 Å². The lowest BCUT2D eigenvalue weighted by molar-refractivity contribution is 0.233. The van der Waals surface area contributed by atoms with E-state index in [1.54, 1.807) is 0 Å². The van der Waals surface area contributed by atoms with Crippen LogP contribution in [0.1, 0.15) is 0 Å². The van der Waals surface area contributed by atoms with Crippen molar-refractivity contribution in [1.82, 2.24) is 15.2 Å². The van der Waals surface area contributed by atoms with Gasteiger partial charge in [-0.2, -0.15) is 13.6 Å². The second-order valence-electron chi connectivity index (χ2n) is 1.37. The zero-order valence-corrected chi connectivity index (χ0v) is 5.52. The van der Waals surface area contributed by atoms with Crippen LogP contribution in [0.2, 0.25) is 0 Å². The van der Waals surface area contributed by atoms with Crippen molar-refractivity contribution in [2.24, 2.45) is 5.14 Å². The van der Waals surface area contributed by atoms with E-state index < -0.39 is 10.3 Å². The summed E-state index contributed by atoms with van der Waals surface area (Å²) in [6.45, 7) is 0. The fourth-order valence-corrected chi connectivity index (χ4v) is 0.636. The van der Waals surface area contributed by atoms with E-state index in [-0.39, 0.29) is 0 Å². The summed E-state index contributed by atoms with van der Waals surface area (Å²) < 4.78 is 24.4. The van der Waals surface area contributed by atoms with Crippen molar-refractivity contribution in [3.63, 3.8) is 0 Å². The van der Waals surface area contributed by atoms with Crippen LogP contribution in [-0.4, -0.2) is 23.6 Å². The smallest absolute Gasteiger partial charge is 0.256 e. The number of nitrogens with two attached hydrogens (primary N) is 1. The predicted octanol–water partition coefficient (Wildman–Crippen LogP) is -2.09. The fraction of sp³-hybridized carbons (Fsp3) is 0. The highest BCUT2D eigenvalue weighted by atomic mass is 32.2. The minimum atomic E-state index is -3.99. The average Bonchev–Trinajstić information content (AvgIpc) is 2.12. The molecule has 1 rings (SSSR count). The van der Waals surface area contributed by atoms with Gasteiger partial charge in [-0.15, -0.1) is 5.10 Å². The Kier molecular flexibility index (Phi) is 1.55. The van der Waals surface area contributed by atoms with Crippen molar-refractivity contribution in [3.8, 4) is 0 Å². The van der Waals surface area contributed by atoms with Crippen molar-refractivity contribution >= 4 is 10.3 Å². The molecule has 0 fully saturated rings. The Hall–Kier alpha value is -1.15. The Balaban J connectivity index is 2.75. The lowest BCUT2D eigenvalue weighted by atomic mass is 11.0. The second-order valence-corrected chi connectivity index (χ2v) is 2.51. The monoisotopic (exact) mass is 164 g/mol. The van der Waals surface area contributed by atoms with Gasteiger partial charge in [-0.1, -0.05) is 4.85 Å². The normalized spacial score (nSPS) is 11.3. The number of nitrogens with zero attached hydrogens (tertiary/aromatic N) is 3. The largest absolute Gasteiger partial charge is 0.399 e. The number of hydrogen-bond donors (Lipinski definition) is 1. The molecular formula is C2H4N4O3S. The molecule has 0 aromatic carbocycles. The van der Waals surface area contributed by atoms with Crippen LogP contribution in [-0.2, 0) is 10.3 Å². The van der Waals surface area contributed by atoms with Crippen molar-refractivity contribution in [2.45, 2.75) is 0 Å². The minimum absolute atomic E-state index is 0.634. The molecule has 0 amide bonds. The summed E-state index contributed by atoms with van der Waals surface area (Å²) >= 11 is 0. The molecule has 0 spiro atoms. The molecule has 0 aliphatic heterocycles. The Morgan fingerprint density at radius 2 is 2.30 bits per heavy atom. The lowest BCUT2D eigenvalue weighted by Gasteiger charge is -1.96. The molecule has 0 saturated heterocycles. The van der Waals surface area contributed by atoms with Gasteiger partial charge in [0.2, 0.25) is 0 Å². The van der Waals surface area contributed by atoms with E-state index in [0.717, 1.165) is 0 Å². The first-order chi connectivity index (χ1) is 4.58. The fourth-order valence-electron chi connectivity index (χ4n) is 0.344. The molecule has 7 nitrogen and oxygen atoms in total. The van der Waals surface area contributed by atoms with Crippen molar-refractivity contribution in [1.29, 1.82) is 0 Å². The molecule has 1 aromatic heterocycles. The molecule has 1 heterocycles. The molecule has 10 heavy (non-hydrogen) atoms. The molecule has 0 unspecified atom stereocenters. The van der Waals surface area contributed by atoms with Crippen LogP contribution in [0, 0.1) is 0 Å². The third-order valence-electron chi connectivity index (χ3n) is 0.581. The van der Waals surface area contributed by atoms with Gasteiger partial charge in [0.1, 0.15) is 0 Å². The van der Waals surface area contributed by atoms with Crippen LogP contribution >= 0.6 is 0 Å². The number of aromatic nitrogens is 3. The van der Waals surface area contributed by atoms with E-state index in [4.69, 9.17) is 0 Å². The van der Waals surface area contributed by atoms with E-state index in [0.29, 0.717) is 4.85 Å². The molecule has 0 radical (unpaired) electrons. The molecule has 0 aliphatic carbocycles. The molecule has 56 valence electrons. The highest BCUT2D eigenvalue weighted by Gasteiger charge is 2.02. The Bertz CT molecular complexity index is 288. The van der Waals surface area contributed by atoms with Crippen molar-refractivity contribution in [2.75, 3.05) is 0 Å². The maximum Gasteiger partial charge on any atom is 0.399 e. The van der Waals surface area contributed by atoms with Crippen LogP contribution in [0.4, 0.5) is 0 Å². The van der Waals surface area contributed by atoms with E-state index in [2.05, 4.69) is 19.7 Å². The molecule has 8 heteroatoms. The SMILES string of the molecule is NS(=O)(=O)On1ccnn1. The summed E-state index contributed by atoms with van der Waals surface area (Å²) in [6, 6.07) is 0. The molecular weight excluding hydrogens is 160 g/mol. The standard InChI is InChI=1S/C2H4N4O3S/c3-10(7,8)9-6-2-1-4-5-6/h1-2H,(H2,3,7,8). The van der Waals surface area contributed by atoms with Gasteiger partial charge in [0, 0.05) is 0 Å². The summed E-state index contributed by atoms with van der Waals surface area (Å²) in [6.07, 6.45) is 2.45. The lowest BCUT2D eigenvalue weighted by Crippen LogP contribution is -2.27. The Labute approximate surface area is 56.6 Å². The van der Waals surface area contributed by atoms with Gasteiger partial charge in [0.05, 0.1) is 12.4 Å². The molecule has 0 atom stereocenters. The van der Waals surface area contributed by atoms with Gasteiger partial charge < -0.3 is 0 Å². The van der Waals surface area contributed by atoms with Crippen LogP contribution in [0.5, 0.6) is 0 Å². The first kappa shape index (κ1) is 6.96. The molecule has 0 aliphatic rings. The predicted molar refractivity (Wildman–Crippen MR) is 29.7 cm³/mol. The van der Waals surface area contributed by atoms with Gasteiger partial charge in [0.15, 0.2) is 0 Å². The van der Waals surface area contributed by atoms with Crippen LogP contribution in [0.3, 0.4) is 0 Å². The van der Waals surface area contributed by atoms with Crippen LogP contribution < -0.4 is 9.42 Å². The average molecular weight is 164 g/mol. The van der Waals surface area contributed by atoms with Gasteiger partial charge in [-0.05, 0) is 5.21 Å². The Morgan fingerprint density at radius 3 is 2.70 bits per heavy atom. The maximum absolute atomic E-state index is 10.2. The maximum atomic E-state index is 10.2. The van der Waals surface area contributed by atoms with E-state index in [9.17, 15) is 8.42 Å². The molecule has 1 aromatic rings. The van der Waals surface area contributed by atoms with Crippen LogP contribution in [0.25, 0.3) is 0 Å². The van der Waals surface area contributed by atoms with E-state index >= 15 is 0 Å². The van der Waals surface area contributed by atoms with E-state index in [1.165, 1.54) is 12.4 Å². The topological polar surface area (TPSA) is 100 Å². The summed E-state index contributed by atoms with van der Waals surface area (Å²) in [5.74, 6) is 0. The van der Waals surface area contributed by atoms with Crippen molar-refractivity contribution in [3.05, 3.63) is 12.4 Å². The molecule has 0 bridgehead atoms. The minimum Gasteiger partial charge on any atom is -0.256 e. The first-order valence-corrected chi connectivity index (χ1v) is 3.64. The van der Waals surface area contributed by atoms with Gasteiger partial charge >= 0.3 is 10.3 Å². The summed E-state index contributed by atoms with van der Waals surface area (Å²) in [4.78, 5) is 0.634. The van der Waals surface area contributed by atoms with E-state index in [1.807, 2.05) is 0 Å². The zero-order chi connectivity index (χ0) is 7.61. The summed E-state index contributed by atoms with van der Waals surface area (Å²) in [5, 5.41) is 10.9. The Morgan fingerprint density at radius 1 is 1.60 bits per heavy atom. The van der Waals surface area contributed by atoms with Gasteiger partial charge in [0.25, 0.3) is 0 Å².